The molecule has 156 valence electrons. The van der Waals surface area contributed by atoms with E-state index in [0.717, 1.165) is 17.7 Å². The summed E-state index contributed by atoms with van der Waals surface area (Å²) < 4.78 is 77.7. The fraction of sp³-hybridized carbons (Fsp3) is 0.211. The number of halogens is 6. The molecule has 0 bridgehead atoms. The number of hydrogen-bond donors (Lipinski definition) is 1. The first-order valence-corrected chi connectivity index (χ1v) is 9.49. The van der Waals surface area contributed by atoms with Gasteiger partial charge in [-0.3, -0.25) is 0 Å². The van der Waals surface area contributed by atoms with Crippen molar-refractivity contribution in [2.24, 2.45) is 0 Å². The molecule has 30 heavy (non-hydrogen) atoms. The van der Waals surface area contributed by atoms with Gasteiger partial charge in [0.1, 0.15) is 11.8 Å². The van der Waals surface area contributed by atoms with E-state index in [1.807, 2.05) is 6.07 Å². The highest BCUT2D eigenvalue weighted by Crippen LogP contribution is 2.37. The Balaban J connectivity index is 1.76. The van der Waals surface area contributed by atoms with Crippen LogP contribution in [0.4, 0.5) is 26.3 Å². The van der Waals surface area contributed by atoms with E-state index in [0.29, 0.717) is 17.0 Å². The lowest BCUT2D eigenvalue weighted by Crippen LogP contribution is -2.11. The lowest BCUT2D eigenvalue weighted by atomic mass is 10.1. The molecule has 0 fully saturated rings. The van der Waals surface area contributed by atoms with E-state index < -0.39 is 23.5 Å². The molecule has 1 aromatic heterocycles. The van der Waals surface area contributed by atoms with Gasteiger partial charge in [-0.2, -0.15) is 53.7 Å². The molecule has 1 N–H and O–H groups in total. The average Bonchev–Trinajstić information content (AvgIpc) is 3.15. The van der Waals surface area contributed by atoms with Gasteiger partial charge in [0, 0.05) is 17.1 Å². The maximum Gasteiger partial charge on any atom is 0.416 e. The Labute approximate surface area is 170 Å². The Morgan fingerprint density at radius 3 is 2.10 bits per heavy atom. The van der Waals surface area contributed by atoms with Gasteiger partial charge in [-0.05, 0) is 35.4 Å². The normalized spacial score (nSPS) is 12.0. The number of H-pyrrole nitrogens is 1. The van der Waals surface area contributed by atoms with Crippen molar-refractivity contribution in [2.45, 2.75) is 23.9 Å². The highest BCUT2D eigenvalue weighted by Gasteiger charge is 2.36. The SMILES string of the molecule is N#Cc1n[nH]nc1-c1cccc(CSCc2cc(C(F)(F)F)cc(C(F)(F)F)c2)c1. The third-order valence-electron chi connectivity index (χ3n) is 4.04. The van der Waals surface area contributed by atoms with Crippen LogP contribution in [0.5, 0.6) is 0 Å². The minimum Gasteiger partial charge on any atom is -0.196 e. The number of nitriles is 1. The Morgan fingerprint density at radius 1 is 0.867 bits per heavy atom. The quantitative estimate of drug-likeness (QED) is 0.506. The summed E-state index contributed by atoms with van der Waals surface area (Å²) in [6, 6.07) is 10.4. The van der Waals surface area contributed by atoms with Gasteiger partial charge in [-0.15, -0.1) is 5.10 Å². The Morgan fingerprint density at radius 2 is 1.50 bits per heavy atom. The van der Waals surface area contributed by atoms with Crippen LogP contribution >= 0.6 is 11.8 Å². The van der Waals surface area contributed by atoms with E-state index in [1.165, 1.54) is 11.8 Å². The minimum absolute atomic E-state index is 0.0371. The van der Waals surface area contributed by atoms with E-state index >= 15 is 0 Å². The number of alkyl halides is 6. The molecule has 0 unspecified atom stereocenters. The van der Waals surface area contributed by atoms with Gasteiger partial charge in [0.05, 0.1) is 11.1 Å². The van der Waals surface area contributed by atoms with E-state index in [-0.39, 0.29) is 23.1 Å². The molecule has 0 saturated heterocycles. The number of hydrogen-bond acceptors (Lipinski definition) is 4. The third kappa shape index (κ3) is 5.13. The molecule has 0 amide bonds. The summed E-state index contributed by atoms with van der Waals surface area (Å²) in [5.74, 6) is 0.301. The molecule has 0 radical (unpaired) electrons. The highest BCUT2D eigenvalue weighted by molar-refractivity contribution is 7.97. The van der Waals surface area contributed by atoms with Crippen molar-refractivity contribution < 1.29 is 26.3 Å². The molecule has 0 atom stereocenters. The Kier molecular flexibility index (Phi) is 6.07. The minimum atomic E-state index is -4.87. The second-order valence-electron chi connectivity index (χ2n) is 6.24. The number of benzene rings is 2. The van der Waals surface area contributed by atoms with Gasteiger partial charge in [-0.1, -0.05) is 18.2 Å². The summed E-state index contributed by atoms with van der Waals surface area (Å²) in [5.41, 5.74) is -0.860. The summed E-state index contributed by atoms with van der Waals surface area (Å²) >= 11 is 1.17. The van der Waals surface area contributed by atoms with Crippen LogP contribution in [0, 0.1) is 11.3 Å². The van der Waals surface area contributed by atoms with E-state index in [4.69, 9.17) is 5.26 Å². The first-order valence-electron chi connectivity index (χ1n) is 8.34. The maximum absolute atomic E-state index is 13.0. The summed E-state index contributed by atoms with van der Waals surface area (Å²) in [4.78, 5) is 0. The van der Waals surface area contributed by atoms with E-state index in [9.17, 15) is 26.3 Å². The maximum atomic E-state index is 13.0. The van der Waals surface area contributed by atoms with Gasteiger partial charge < -0.3 is 0 Å². The van der Waals surface area contributed by atoms with Crippen molar-refractivity contribution >= 4 is 11.8 Å². The van der Waals surface area contributed by atoms with Crippen LogP contribution < -0.4 is 0 Å². The van der Waals surface area contributed by atoms with Crippen LogP contribution in [0.1, 0.15) is 27.9 Å². The number of aromatic nitrogens is 3. The molecular weight excluding hydrogens is 430 g/mol. The number of nitrogens with one attached hydrogen (secondary N) is 1. The van der Waals surface area contributed by atoms with Gasteiger partial charge in [0.25, 0.3) is 0 Å². The van der Waals surface area contributed by atoms with Gasteiger partial charge in [-0.25, -0.2) is 0 Å². The molecule has 3 aromatic rings. The van der Waals surface area contributed by atoms with Crippen LogP contribution in [-0.2, 0) is 23.9 Å². The molecule has 0 saturated carbocycles. The summed E-state index contributed by atoms with van der Waals surface area (Å²) in [5, 5.41) is 19.0. The summed E-state index contributed by atoms with van der Waals surface area (Å²) in [6.45, 7) is 0. The van der Waals surface area contributed by atoms with Gasteiger partial charge in [0.2, 0.25) is 0 Å². The largest absolute Gasteiger partial charge is 0.416 e. The molecular formula is C19H12F6N4S. The van der Waals surface area contributed by atoms with E-state index in [1.54, 1.807) is 24.3 Å². The molecule has 0 aliphatic rings. The molecule has 2 aromatic carbocycles. The van der Waals surface area contributed by atoms with Crippen LogP contribution in [0.3, 0.4) is 0 Å². The third-order valence-corrected chi connectivity index (χ3v) is 5.11. The van der Waals surface area contributed by atoms with E-state index in [2.05, 4.69) is 15.4 Å². The van der Waals surface area contributed by atoms with Crippen molar-refractivity contribution in [1.82, 2.24) is 15.4 Å². The Bertz CT molecular complexity index is 1050. The average molecular weight is 442 g/mol. The zero-order chi connectivity index (χ0) is 21.9. The standard InChI is InChI=1S/C19H12F6N4S/c20-18(21,22)14-5-12(6-15(7-14)19(23,24)25)10-30-9-11-2-1-3-13(4-11)17-16(8-26)27-29-28-17/h1-7H,9-10H2,(H,27,28,29). The van der Waals surface area contributed by atoms with Crippen LogP contribution in [-0.4, -0.2) is 15.4 Å². The monoisotopic (exact) mass is 442 g/mol. The second kappa shape index (κ2) is 8.39. The molecule has 0 aliphatic heterocycles. The number of thioether (sulfide) groups is 1. The van der Waals surface area contributed by atoms with Gasteiger partial charge in [0.15, 0.2) is 5.69 Å². The van der Waals surface area contributed by atoms with Crippen LogP contribution in [0.15, 0.2) is 42.5 Å². The second-order valence-corrected chi connectivity index (χ2v) is 7.23. The molecule has 3 rings (SSSR count). The predicted molar refractivity (Wildman–Crippen MR) is 98.0 cm³/mol. The summed E-state index contributed by atoms with van der Waals surface area (Å²) in [6.07, 6.45) is -9.74. The molecule has 1 heterocycles. The smallest absolute Gasteiger partial charge is 0.196 e. The zero-order valence-electron chi connectivity index (χ0n) is 15.0. The lowest BCUT2D eigenvalue weighted by Gasteiger charge is -2.14. The molecule has 0 aliphatic carbocycles. The van der Waals surface area contributed by atoms with Crippen molar-refractivity contribution in [3.8, 4) is 17.3 Å². The molecule has 0 spiro atoms. The zero-order valence-corrected chi connectivity index (χ0v) is 15.8. The van der Waals surface area contributed by atoms with Crippen molar-refractivity contribution in [1.29, 1.82) is 5.26 Å². The first kappa shape index (κ1) is 21.7. The topological polar surface area (TPSA) is 65.4 Å². The summed E-state index contributed by atoms with van der Waals surface area (Å²) in [7, 11) is 0. The molecule has 11 heteroatoms. The first-order chi connectivity index (χ1) is 14.1. The fourth-order valence-electron chi connectivity index (χ4n) is 2.71. The highest BCUT2D eigenvalue weighted by atomic mass is 32.2. The Hall–Kier alpha value is -3.00. The van der Waals surface area contributed by atoms with Crippen LogP contribution in [0.25, 0.3) is 11.3 Å². The fourth-order valence-corrected chi connectivity index (χ4v) is 3.63. The van der Waals surface area contributed by atoms with Crippen molar-refractivity contribution in [3.05, 3.63) is 70.4 Å². The predicted octanol–water partition coefficient (Wildman–Crippen LogP) is 5.81. The van der Waals surface area contributed by atoms with Crippen LogP contribution in [0.2, 0.25) is 0 Å². The lowest BCUT2D eigenvalue weighted by molar-refractivity contribution is -0.143. The van der Waals surface area contributed by atoms with Crippen molar-refractivity contribution in [2.75, 3.05) is 0 Å². The number of rotatable bonds is 5. The van der Waals surface area contributed by atoms with Crippen molar-refractivity contribution in [3.63, 3.8) is 0 Å². The van der Waals surface area contributed by atoms with Gasteiger partial charge >= 0.3 is 12.4 Å². The molecule has 4 nitrogen and oxygen atoms in total. The number of aromatic amines is 1. The number of nitrogens with zero attached hydrogens (tertiary/aromatic N) is 3.